The first-order valence-electron chi connectivity index (χ1n) is 7.80. The lowest BCUT2D eigenvalue weighted by molar-refractivity contribution is -0.133. The first-order valence-corrected chi connectivity index (χ1v) is 7.80. The number of imide groups is 1. The van der Waals surface area contributed by atoms with E-state index in [1.807, 2.05) is 19.9 Å². The molecule has 22 heavy (non-hydrogen) atoms. The van der Waals surface area contributed by atoms with Crippen LogP contribution in [-0.4, -0.2) is 52.1 Å². The van der Waals surface area contributed by atoms with Crippen LogP contribution in [-0.2, 0) is 11.3 Å². The van der Waals surface area contributed by atoms with E-state index in [2.05, 4.69) is 15.4 Å². The third kappa shape index (κ3) is 2.49. The molecule has 1 aromatic heterocycles. The predicted molar refractivity (Wildman–Crippen MR) is 78.8 cm³/mol. The van der Waals surface area contributed by atoms with Crippen LogP contribution >= 0.6 is 0 Å². The van der Waals surface area contributed by atoms with Crippen LogP contribution in [0.5, 0.6) is 0 Å². The van der Waals surface area contributed by atoms with Gasteiger partial charge in [0.2, 0.25) is 0 Å². The molecule has 1 aromatic rings. The number of nitrogens with one attached hydrogen (secondary N) is 1. The van der Waals surface area contributed by atoms with Crippen molar-refractivity contribution in [2.45, 2.75) is 38.8 Å². The Hall–Kier alpha value is -1.89. The summed E-state index contributed by atoms with van der Waals surface area (Å²) in [6, 6.07) is 1.58. The van der Waals surface area contributed by atoms with Gasteiger partial charge in [-0.3, -0.25) is 14.6 Å². The van der Waals surface area contributed by atoms with Crippen molar-refractivity contribution in [3.05, 3.63) is 18.0 Å². The van der Waals surface area contributed by atoms with Crippen LogP contribution in [0.3, 0.4) is 0 Å². The number of likely N-dealkylation sites (N-methyl/N-ethyl adjacent to an activating group) is 1. The highest BCUT2D eigenvalue weighted by atomic mass is 16.5. The molecule has 1 N–H and O–H groups in total. The molecule has 3 rings (SSSR count). The number of likely N-dealkylation sites (tertiary alicyclic amines) is 1. The highest BCUT2D eigenvalue weighted by Gasteiger charge is 2.52. The van der Waals surface area contributed by atoms with Crippen molar-refractivity contribution in [2.75, 3.05) is 19.6 Å². The molecule has 0 spiro atoms. The van der Waals surface area contributed by atoms with Crippen molar-refractivity contribution in [1.82, 2.24) is 20.3 Å². The highest BCUT2D eigenvalue weighted by Crippen LogP contribution is 2.32. The fourth-order valence-corrected chi connectivity index (χ4v) is 3.50. The van der Waals surface area contributed by atoms with E-state index in [-0.39, 0.29) is 17.9 Å². The fraction of sp³-hybridized carbons (Fsp3) is 0.667. The number of aromatic nitrogens is 1. The summed E-state index contributed by atoms with van der Waals surface area (Å²) in [6.45, 7) is 6.54. The van der Waals surface area contributed by atoms with Gasteiger partial charge in [-0.15, -0.1) is 0 Å². The normalized spacial score (nSPS) is 29.9. The number of carbonyl (C=O) groups is 2. The van der Waals surface area contributed by atoms with E-state index in [0.717, 1.165) is 31.6 Å². The van der Waals surface area contributed by atoms with Crippen molar-refractivity contribution in [3.63, 3.8) is 0 Å². The molecule has 0 unspecified atom stereocenters. The lowest BCUT2D eigenvalue weighted by Gasteiger charge is -2.39. The molecule has 0 aliphatic carbocycles. The molecule has 0 radical (unpaired) electrons. The molecule has 2 saturated heterocycles. The van der Waals surface area contributed by atoms with Gasteiger partial charge in [-0.1, -0.05) is 5.16 Å². The zero-order valence-corrected chi connectivity index (χ0v) is 13.0. The first kappa shape index (κ1) is 15.0. The van der Waals surface area contributed by atoms with Crippen molar-refractivity contribution < 1.29 is 14.1 Å². The van der Waals surface area contributed by atoms with Crippen molar-refractivity contribution in [1.29, 1.82) is 0 Å². The number of hydrogen-bond acceptors (Lipinski definition) is 5. The summed E-state index contributed by atoms with van der Waals surface area (Å²) in [5.41, 5.74) is 0.0954. The minimum absolute atomic E-state index is 0.103. The number of amides is 3. The Labute approximate surface area is 129 Å². The Morgan fingerprint density at radius 2 is 2.32 bits per heavy atom. The van der Waals surface area contributed by atoms with E-state index in [1.54, 1.807) is 6.26 Å². The van der Waals surface area contributed by atoms with E-state index in [9.17, 15) is 9.59 Å². The second-order valence-electron chi connectivity index (χ2n) is 6.25. The molecule has 2 atom stereocenters. The van der Waals surface area contributed by atoms with Crippen LogP contribution in [0.15, 0.2) is 16.9 Å². The number of urea groups is 1. The molecular weight excluding hydrogens is 284 g/mol. The average Bonchev–Trinajstić information content (AvgIpc) is 3.07. The third-order valence-corrected chi connectivity index (χ3v) is 4.82. The first-order chi connectivity index (χ1) is 10.5. The largest absolute Gasteiger partial charge is 0.364 e. The number of hydrogen-bond donors (Lipinski definition) is 1. The zero-order valence-electron chi connectivity index (χ0n) is 13.0. The average molecular weight is 306 g/mol. The van der Waals surface area contributed by atoms with Gasteiger partial charge in [0.25, 0.3) is 5.91 Å². The molecule has 0 aromatic carbocycles. The maximum atomic E-state index is 12.6. The van der Waals surface area contributed by atoms with Crippen LogP contribution in [0.4, 0.5) is 4.79 Å². The lowest BCUT2D eigenvalue weighted by Crippen LogP contribution is -2.55. The van der Waals surface area contributed by atoms with Gasteiger partial charge in [-0.05, 0) is 33.2 Å². The smallest absolute Gasteiger partial charge is 0.325 e. The van der Waals surface area contributed by atoms with Gasteiger partial charge in [-0.25, -0.2) is 4.79 Å². The van der Waals surface area contributed by atoms with Crippen LogP contribution in [0.1, 0.15) is 32.4 Å². The molecule has 120 valence electrons. The van der Waals surface area contributed by atoms with E-state index >= 15 is 0 Å². The van der Waals surface area contributed by atoms with Gasteiger partial charge in [0.15, 0.2) is 0 Å². The summed E-state index contributed by atoms with van der Waals surface area (Å²) in [7, 11) is 0. The maximum Gasteiger partial charge on any atom is 0.325 e. The molecule has 2 fully saturated rings. The fourth-order valence-electron chi connectivity index (χ4n) is 3.50. The Kier molecular flexibility index (Phi) is 3.90. The lowest BCUT2D eigenvalue weighted by atomic mass is 9.80. The maximum absolute atomic E-state index is 12.6. The van der Waals surface area contributed by atoms with Crippen molar-refractivity contribution in [3.8, 4) is 0 Å². The van der Waals surface area contributed by atoms with Gasteiger partial charge in [0.1, 0.15) is 11.8 Å². The minimum atomic E-state index is -0.796. The molecule has 0 saturated carbocycles. The van der Waals surface area contributed by atoms with Gasteiger partial charge in [-0.2, -0.15) is 0 Å². The SMILES string of the molecule is CCN1C(=O)N[C@](C)([C@@H]2CCCN(Cc3ccon3)C2)C1=O. The van der Waals surface area contributed by atoms with Crippen molar-refractivity contribution >= 4 is 11.9 Å². The molecule has 2 aliphatic rings. The Balaban J connectivity index is 1.71. The third-order valence-electron chi connectivity index (χ3n) is 4.82. The highest BCUT2D eigenvalue weighted by molar-refractivity contribution is 6.07. The number of piperidine rings is 1. The second-order valence-corrected chi connectivity index (χ2v) is 6.25. The second kappa shape index (κ2) is 5.72. The summed E-state index contributed by atoms with van der Waals surface area (Å²) in [6.07, 6.45) is 3.51. The topological polar surface area (TPSA) is 78.7 Å². The molecular formula is C15H22N4O3. The number of carbonyl (C=O) groups excluding carboxylic acids is 2. The summed E-state index contributed by atoms with van der Waals surface area (Å²) in [5, 5.41) is 6.85. The van der Waals surface area contributed by atoms with E-state index in [4.69, 9.17) is 4.52 Å². The molecule has 2 aliphatic heterocycles. The predicted octanol–water partition coefficient (Wildman–Crippen LogP) is 1.22. The Morgan fingerprint density at radius 3 is 2.95 bits per heavy atom. The standard InChI is InChI=1S/C15H22N4O3/c1-3-19-13(20)15(2,16-14(19)21)11-5-4-7-18(9-11)10-12-6-8-22-17-12/h6,8,11H,3-5,7,9-10H2,1-2H3,(H,16,21)/t11-,15-/m1/s1. The van der Waals surface area contributed by atoms with E-state index in [1.165, 1.54) is 4.90 Å². The molecule has 7 nitrogen and oxygen atoms in total. The van der Waals surface area contributed by atoms with Crippen LogP contribution < -0.4 is 5.32 Å². The number of nitrogens with zero attached hydrogens (tertiary/aromatic N) is 3. The van der Waals surface area contributed by atoms with Crippen molar-refractivity contribution in [2.24, 2.45) is 5.92 Å². The summed E-state index contributed by atoms with van der Waals surface area (Å²) in [4.78, 5) is 28.1. The van der Waals surface area contributed by atoms with Gasteiger partial charge in [0.05, 0.1) is 5.69 Å². The Morgan fingerprint density at radius 1 is 1.50 bits per heavy atom. The molecule has 7 heteroatoms. The molecule has 3 amide bonds. The monoisotopic (exact) mass is 306 g/mol. The molecule has 0 bridgehead atoms. The van der Waals surface area contributed by atoms with Crippen LogP contribution in [0.25, 0.3) is 0 Å². The van der Waals surface area contributed by atoms with Gasteiger partial charge in [0, 0.05) is 31.6 Å². The van der Waals surface area contributed by atoms with Gasteiger partial charge < -0.3 is 9.84 Å². The quantitative estimate of drug-likeness (QED) is 0.846. The minimum Gasteiger partial charge on any atom is -0.364 e. The zero-order chi connectivity index (χ0) is 15.7. The van der Waals surface area contributed by atoms with Crippen LogP contribution in [0, 0.1) is 5.92 Å². The van der Waals surface area contributed by atoms with Gasteiger partial charge >= 0.3 is 6.03 Å². The Bertz CT molecular complexity index is 559. The van der Waals surface area contributed by atoms with E-state index in [0.29, 0.717) is 13.1 Å². The van der Waals surface area contributed by atoms with Crippen LogP contribution in [0.2, 0.25) is 0 Å². The summed E-state index contributed by atoms with van der Waals surface area (Å²) < 4.78 is 4.87. The number of rotatable bonds is 4. The summed E-state index contributed by atoms with van der Waals surface area (Å²) >= 11 is 0. The molecule has 3 heterocycles. The summed E-state index contributed by atoms with van der Waals surface area (Å²) in [5.74, 6) is 0.00874. The van der Waals surface area contributed by atoms with E-state index < -0.39 is 5.54 Å².